The number of carboxylic acid groups (broad SMARTS) is 1. The van der Waals surface area contributed by atoms with Gasteiger partial charge < -0.3 is 10.0 Å². The fourth-order valence-corrected chi connectivity index (χ4v) is 4.86. The minimum Gasteiger partial charge on any atom is -0.481 e. The van der Waals surface area contributed by atoms with Gasteiger partial charge in [0.05, 0.1) is 11.7 Å². The molecule has 24 heavy (non-hydrogen) atoms. The average molecular weight is 352 g/mol. The van der Waals surface area contributed by atoms with Crippen LogP contribution in [0.3, 0.4) is 0 Å². The molecule has 2 aliphatic rings. The zero-order valence-corrected chi connectivity index (χ0v) is 14.0. The number of nitrogens with zero attached hydrogens (tertiary/aromatic N) is 2. The first kappa shape index (κ1) is 16.9. The van der Waals surface area contributed by atoms with Gasteiger partial charge in [0.15, 0.2) is 0 Å². The van der Waals surface area contributed by atoms with Crippen LogP contribution in [0.2, 0.25) is 0 Å². The Balaban J connectivity index is 1.69. The Labute approximate surface area is 140 Å². The minimum absolute atomic E-state index is 0.0771. The lowest BCUT2D eigenvalue weighted by Crippen LogP contribution is -2.41. The van der Waals surface area contributed by atoms with Gasteiger partial charge in [-0.1, -0.05) is 24.3 Å². The van der Waals surface area contributed by atoms with E-state index in [4.69, 9.17) is 0 Å². The summed E-state index contributed by atoms with van der Waals surface area (Å²) in [5.74, 6) is -1.77. The first-order valence-electron chi connectivity index (χ1n) is 7.95. The maximum atomic E-state index is 12.5. The number of carbonyl (C=O) groups is 2. The standard InChI is InChI=1S/C16H20N2O5S/c19-15(6-8-18-7-3-9-24(18,22)23)17-10-12-4-1-2-5-13(12)14(11-17)16(20)21/h1-2,4-5,14H,3,6-11H2,(H,20,21)/t14-/m0/s1. The van der Waals surface area contributed by atoms with Crippen LogP contribution in [0.25, 0.3) is 0 Å². The quantitative estimate of drug-likeness (QED) is 0.857. The average Bonchev–Trinajstić information content (AvgIpc) is 2.89. The van der Waals surface area contributed by atoms with E-state index in [1.165, 1.54) is 9.21 Å². The molecular formula is C16H20N2O5S. The highest BCUT2D eigenvalue weighted by Crippen LogP contribution is 2.29. The number of benzene rings is 1. The Bertz CT molecular complexity index is 761. The van der Waals surface area contributed by atoms with Gasteiger partial charge in [-0.3, -0.25) is 9.59 Å². The molecule has 0 spiro atoms. The maximum absolute atomic E-state index is 12.5. The summed E-state index contributed by atoms with van der Waals surface area (Å²) in [5.41, 5.74) is 1.58. The number of amides is 1. The zero-order valence-electron chi connectivity index (χ0n) is 13.2. The van der Waals surface area contributed by atoms with E-state index in [2.05, 4.69) is 0 Å². The fraction of sp³-hybridized carbons (Fsp3) is 0.500. The van der Waals surface area contributed by atoms with Crippen molar-refractivity contribution in [3.05, 3.63) is 35.4 Å². The van der Waals surface area contributed by atoms with E-state index in [9.17, 15) is 23.1 Å². The first-order chi connectivity index (χ1) is 11.4. The number of sulfonamides is 1. The second kappa shape index (κ2) is 6.52. The Kier molecular flexibility index (Phi) is 4.60. The van der Waals surface area contributed by atoms with Crippen molar-refractivity contribution in [1.82, 2.24) is 9.21 Å². The molecule has 1 aromatic rings. The van der Waals surface area contributed by atoms with Crippen LogP contribution < -0.4 is 0 Å². The minimum atomic E-state index is -3.22. The van der Waals surface area contributed by atoms with E-state index in [1.54, 1.807) is 12.1 Å². The van der Waals surface area contributed by atoms with Crippen molar-refractivity contribution in [3.63, 3.8) is 0 Å². The summed E-state index contributed by atoms with van der Waals surface area (Å²) in [6, 6.07) is 7.23. The van der Waals surface area contributed by atoms with Crippen molar-refractivity contribution < 1.29 is 23.1 Å². The van der Waals surface area contributed by atoms with Crippen LogP contribution in [0.5, 0.6) is 0 Å². The number of hydrogen-bond acceptors (Lipinski definition) is 4. The second-order valence-corrected chi connectivity index (χ2v) is 8.27. The molecule has 1 aromatic carbocycles. The lowest BCUT2D eigenvalue weighted by atomic mass is 9.89. The summed E-state index contributed by atoms with van der Waals surface area (Å²) >= 11 is 0. The van der Waals surface area contributed by atoms with Crippen LogP contribution in [-0.4, -0.2) is 60.0 Å². The molecule has 0 saturated carbocycles. The van der Waals surface area contributed by atoms with E-state index < -0.39 is 21.9 Å². The molecule has 2 aliphatic heterocycles. The summed E-state index contributed by atoms with van der Waals surface area (Å²) in [4.78, 5) is 25.5. The molecule has 1 fully saturated rings. The summed E-state index contributed by atoms with van der Waals surface area (Å²) in [6.45, 7) is 1.11. The summed E-state index contributed by atoms with van der Waals surface area (Å²) in [6.07, 6.45) is 0.669. The van der Waals surface area contributed by atoms with Gasteiger partial charge in [0.1, 0.15) is 0 Å². The molecule has 1 atom stereocenters. The molecule has 1 N–H and O–H groups in total. The van der Waals surface area contributed by atoms with Gasteiger partial charge in [-0.05, 0) is 17.5 Å². The van der Waals surface area contributed by atoms with E-state index in [-0.39, 0.29) is 31.2 Å². The van der Waals surface area contributed by atoms with Gasteiger partial charge in [-0.15, -0.1) is 0 Å². The van der Waals surface area contributed by atoms with Crippen LogP contribution in [0.1, 0.15) is 29.9 Å². The Morgan fingerprint density at radius 3 is 2.67 bits per heavy atom. The normalized spacial score (nSPS) is 23.0. The van der Waals surface area contributed by atoms with E-state index in [0.29, 0.717) is 19.5 Å². The molecule has 3 rings (SSSR count). The third-order valence-corrected chi connectivity index (χ3v) is 6.58. The van der Waals surface area contributed by atoms with E-state index in [1.807, 2.05) is 12.1 Å². The smallest absolute Gasteiger partial charge is 0.312 e. The Hall–Kier alpha value is -1.93. The molecule has 0 bridgehead atoms. The van der Waals surface area contributed by atoms with Crippen molar-refractivity contribution in [3.8, 4) is 0 Å². The van der Waals surface area contributed by atoms with Crippen molar-refractivity contribution in [1.29, 1.82) is 0 Å². The molecule has 7 nitrogen and oxygen atoms in total. The molecule has 8 heteroatoms. The van der Waals surface area contributed by atoms with Crippen LogP contribution >= 0.6 is 0 Å². The Morgan fingerprint density at radius 1 is 1.25 bits per heavy atom. The molecule has 1 saturated heterocycles. The number of fused-ring (bicyclic) bond motifs is 1. The predicted molar refractivity (Wildman–Crippen MR) is 86.8 cm³/mol. The van der Waals surface area contributed by atoms with E-state index >= 15 is 0 Å². The van der Waals surface area contributed by atoms with Crippen LogP contribution in [0, 0.1) is 0 Å². The van der Waals surface area contributed by atoms with Gasteiger partial charge in [0.25, 0.3) is 0 Å². The van der Waals surface area contributed by atoms with Crippen molar-refractivity contribution in [2.45, 2.75) is 25.3 Å². The summed E-state index contributed by atoms with van der Waals surface area (Å²) in [5, 5.41) is 9.43. The molecule has 0 radical (unpaired) electrons. The summed E-state index contributed by atoms with van der Waals surface area (Å²) in [7, 11) is -3.22. The summed E-state index contributed by atoms with van der Waals surface area (Å²) < 4.78 is 24.9. The molecular weight excluding hydrogens is 332 g/mol. The molecule has 0 aromatic heterocycles. The number of carboxylic acids is 1. The van der Waals surface area contributed by atoms with Crippen LogP contribution in [-0.2, 0) is 26.2 Å². The molecule has 1 amide bonds. The fourth-order valence-electron chi connectivity index (χ4n) is 3.33. The monoisotopic (exact) mass is 352 g/mol. The van der Waals surface area contributed by atoms with Crippen LogP contribution in [0.4, 0.5) is 0 Å². The first-order valence-corrected chi connectivity index (χ1v) is 9.55. The number of carbonyl (C=O) groups excluding carboxylic acids is 1. The highest BCUT2D eigenvalue weighted by molar-refractivity contribution is 7.89. The van der Waals surface area contributed by atoms with Gasteiger partial charge in [-0.2, -0.15) is 0 Å². The van der Waals surface area contributed by atoms with Gasteiger partial charge in [-0.25, -0.2) is 12.7 Å². The SMILES string of the molecule is O=C(O)[C@H]1CN(C(=O)CCN2CCCS2(=O)=O)Cc2ccccc21. The van der Waals surface area contributed by atoms with Crippen molar-refractivity contribution in [2.24, 2.45) is 0 Å². The molecule has 2 heterocycles. The molecule has 0 unspecified atom stereocenters. The van der Waals surface area contributed by atoms with E-state index in [0.717, 1.165) is 11.1 Å². The van der Waals surface area contributed by atoms with Gasteiger partial charge in [0.2, 0.25) is 15.9 Å². The number of aliphatic carboxylic acids is 1. The lowest BCUT2D eigenvalue weighted by Gasteiger charge is -2.33. The highest BCUT2D eigenvalue weighted by Gasteiger charge is 2.33. The maximum Gasteiger partial charge on any atom is 0.312 e. The second-order valence-electron chi connectivity index (χ2n) is 6.18. The van der Waals surface area contributed by atoms with Crippen molar-refractivity contribution >= 4 is 21.9 Å². The molecule has 130 valence electrons. The zero-order chi connectivity index (χ0) is 17.3. The van der Waals surface area contributed by atoms with Crippen LogP contribution in [0.15, 0.2) is 24.3 Å². The Morgan fingerprint density at radius 2 is 2.00 bits per heavy atom. The number of rotatable bonds is 4. The van der Waals surface area contributed by atoms with Crippen molar-refractivity contribution in [2.75, 3.05) is 25.4 Å². The van der Waals surface area contributed by atoms with Gasteiger partial charge in [0, 0.05) is 32.6 Å². The third kappa shape index (κ3) is 3.29. The number of hydrogen-bond donors (Lipinski definition) is 1. The largest absolute Gasteiger partial charge is 0.481 e. The lowest BCUT2D eigenvalue weighted by molar-refractivity contribution is -0.141. The predicted octanol–water partition coefficient (Wildman–Crippen LogP) is 0.623. The topological polar surface area (TPSA) is 95.0 Å². The van der Waals surface area contributed by atoms with Gasteiger partial charge >= 0.3 is 5.97 Å². The molecule has 0 aliphatic carbocycles. The third-order valence-electron chi connectivity index (χ3n) is 4.62. The highest BCUT2D eigenvalue weighted by atomic mass is 32.2.